The molecule has 5 heteroatoms. The normalized spacial score (nSPS) is 15.1. The van der Waals surface area contributed by atoms with Crippen LogP contribution in [-0.4, -0.2) is 37.0 Å². The molecule has 1 heterocycles. The molecular formula is C15H19NO4. The zero-order valence-electron chi connectivity index (χ0n) is 11.8. The van der Waals surface area contributed by atoms with Crippen molar-refractivity contribution in [2.75, 3.05) is 20.2 Å². The molecule has 0 saturated carbocycles. The summed E-state index contributed by atoms with van der Waals surface area (Å²) in [6.45, 7) is 4.19. The number of benzene rings is 1. The van der Waals surface area contributed by atoms with Crippen LogP contribution in [-0.2, 0) is 16.1 Å². The van der Waals surface area contributed by atoms with Crippen LogP contribution in [0.5, 0.6) is 5.75 Å². The molecule has 0 radical (unpaired) electrons. The van der Waals surface area contributed by atoms with Gasteiger partial charge in [0.15, 0.2) is 0 Å². The lowest BCUT2D eigenvalue weighted by molar-refractivity contribution is -0.131. The maximum Gasteiger partial charge on any atom is 0.337 e. The van der Waals surface area contributed by atoms with E-state index in [-0.39, 0.29) is 0 Å². The van der Waals surface area contributed by atoms with Gasteiger partial charge in [-0.25, -0.2) is 4.79 Å². The molecule has 0 aliphatic carbocycles. The Hall–Kier alpha value is -1.88. The summed E-state index contributed by atoms with van der Waals surface area (Å²) in [5.74, 6) is -0.395. The van der Waals surface area contributed by atoms with Crippen LogP contribution in [0.15, 0.2) is 18.2 Å². The average molecular weight is 277 g/mol. The van der Waals surface area contributed by atoms with Crippen molar-refractivity contribution in [1.82, 2.24) is 4.90 Å². The Morgan fingerprint density at radius 3 is 2.55 bits per heavy atom. The number of nitrogens with zero attached hydrogens (tertiary/aromatic N) is 1. The van der Waals surface area contributed by atoms with Crippen LogP contribution in [0.3, 0.4) is 0 Å². The average Bonchev–Trinajstić information content (AvgIpc) is 2.92. The molecule has 0 spiro atoms. The minimum Gasteiger partial charge on any atom is -0.465 e. The van der Waals surface area contributed by atoms with Crippen LogP contribution in [0.25, 0.3) is 0 Å². The fourth-order valence-corrected chi connectivity index (χ4v) is 2.36. The van der Waals surface area contributed by atoms with E-state index in [2.05, 4.69) is 9.64 Å². The zero-order chi connectivity index (χ0) is 14.5. The maximum atomic E-state index is 11.5. The van der Waals surface area contributed by atoms with E-state index < -0.39 is 11.9 Å². The highest BCUT2D eigenvalue weighted by Crippen LogP contribution is 2.24. The van der Waals surface area contributed by atoms with Crippen molar-refractivity contribution in [3.8, 4) is 5.75 Å². The smallest absolute Gasteiger partial charge is 0.337 e. The number of carbonyl (C=O) groups excluding carboxylic acids is 2. The monoisotopic (exact) mass is 277 g/mol. The molecule has 0 unspecified atom stereocenters. The van der Waals surface area contributed by atoms with Crippen LogP contribution in [0.4, 0.5) is 0 Å². The quantitative estimate of drug-likeness (QED) is 0.622. The highest BCUT2D eigenvalue weighted by Gasteiger charge is 2.17. The summed E-state index contributed by atoms with van der Waals surface area (Å²) in [6.07, 6.45) is 2.40. The van der Waals surface area contributed by atoms with Crippen molar-refractivity contribution in [2.24, 2.45) is 0 Å². The minimum atomic E-state index is -0.439. The summed E-state index contributed by atoms with van der Waals surface area (Å²) >= 11 is 0. The third kappa shape index (κ3) is 3.57. The Kier molecular flexibility index (Phi) is 4.74. The molecule has 20 heavy (non-hydrogen) atoms. The van der Waals surface area contributed by atoms with Crippen molar-refractivity contribution in [3.05, 3.63) is 29.3 Å². The molecule has 1 saturated heterocycles. The lowest BCUT2D eigenvalue weighted by Crippen LogP contribution is -2.19. The molecule has 5 nitrogen and oxygen atoms in total. The molecular weight excluding hydrogens is 258 g/mol. The van der Waals surface area contributed by atoms with Crippen LogP contribution in [0, 0.1) is 0 Å². The van der Waals surface area contributed by atoms with Gasteiger partial charge in [0.1, 0.15) is 5.75 Å². The molecule has 108 valence electrons. The molecule has 0 atom stereocenters. The molecule has 1 aromatic carbocycles. The second-order valence-electron chi connectivity index (χ2n) is 4.89. The molecule has 0 N–H and O–H groups in total. The number of methoxy groups -OCH3 is 1. The van der Waals surface area contributed by atoms with E-state index in [1.807, 2.05) is 6.07 Å². The fourth-order valence-electron chi connectivity index (χ4n) is 2.36. The molecule has 1 aromatic rings. The number of carbonyl (C=O) groups is 2. The lowest BCUT2D eigenvalue weighted by atomic mass is 10.1. The van der Waals surface area contributed by atoms with Crippen molar-refractivity contribution in [2.45, 2.75) is 26.3 Å². The number of ether oxygens (including phenoxy) is 2. The van der Waals surface area contributed by atoms with Crippen LogP contribution in [0.2, 0.25) is 0 Å². The first-order valence-corrected chi connectivity index (χ1v) is 6.72. The third-order valence-electron chi connectivity index (χ3n) is 3.33. The lowest BCUT2D eigenvalue weighted by Gasteiger charge is -2.17. The Morgan fingerprint density at radius 2 is 1.95 bits per heavy atom. The van der Waals surface area contributed by atoms with E-state index in [1.54, 1.807) is 12.1 Å². The molecule has 1 aliphatic heterocycles. The van der Waals surface area contributed by atoms with Gasteiger partial charge < -0.3 is 9.47 Å². The minimum absolute atomic E-state index is 0.383. The van der Waals surface area contributed by atoms with Gasteiger partial charge in [-0.05, 0) is 38.1 Å². The second-order valence-corrected chi connectivity index (χ2v) is 4.89. The first-order chi connectivity index (χ1) is 9.60. The summed E-state index contributed by atoms with van der Waals surface area (Å²) in [5.41, 5.74) is 1.30. The highest BCUT2D eigenvalue weighted by molar-refractivity contribution is 5.90. The SMILES string of the molecule is COC(=O)c1ccc(CN2CCCC2)c(OC(C)=O)c1. The van der Waals surface area contributed by atoms with E-state index in [9.17, 15) is 9.59 Å². The number of esters is 2. The predicted octanol–water partition coefficient (Wildman–Crippen LogP) is 1.99. The largest absolute Gasteiger partial charge is 0.465 e. The summed E-state index contributed by atoms with van der Waals surface area (Å²) in [5, 5.41) is 0. The van der Waals surface area contributed by atoms with Gasteiger partial charge >= 0.3 is 11.9 Å². The molecule has 0 amide bonds. The van der Waals surface area contributed by atoms with Crippen LogP contribution >= 0.6 is 0 Å². The first-order valence-electron chi connectivity index (χ1n) is 6.72. The maximum absolute atomic E-state index is 11.5. The topological polar surface area (TPSA) is 55.8 Å². The zero-order valence-corrected chi connectivity index (χ0v) is 11.8. The van der Waals surface area contributed by atoms with Gasteiger partial charge in [-0.1, -0.05) is 6.07 Å². The Balaban J connectivity index is 2.24. The summed E-state index contributed by atoms with van der Waals surface area (Å²) in [7, 11) is 1.33. The van der Waals surface area contributed by atoms with Gasteiger partial charge in [-0.3, -0.25) is 9.69 Å². The Morgan fingerprint density at radius 1 is 1.25 bits per heavy atom. The summed E-state index contributed by atoms with van der Waals surface area (Å²) in [4.78, 5) is 25.0. The standard InChI is InChI=1S/C15H19NO4/c1-11(17)20-14-9-12(15(18)19-2)5-6-13(14)10-16-7-3-4-8-16/h5-6,9H,3-4,7-8,10H2,1-2H3. The first kappa shape index (κ1) is 14.5. The van der Waals surface area contributed by atoms with Crippen LogP contribution in [0.1, 0.15) is 35.7 Å². The molecule has 2 rings (SSSR count). The molecule has 1 aliphatic rings. The molecule has 0 aromatic heterocycles. The van der Waals surface area contributed by atoms with Gasteiger partial charge in [0.2, 0.25) is 0 Å². The predicted molar refractivity (Wildman–Crippen MR) is 73.6 cm³/mol. The van der Waals surface area contributed by atoms with E-state index in [4.69, 9.17) is 4.74 Å². The van der Waals surface area contributed by atoms with Gasteiger partial charge in [-0.2, -0.15) is 0 Å². The van der Waals surface area contributed by atoms with E-state index in [0.717, 1.165) is 25.2 Å². The Labute approximate surface area is 118 Å². The van der Waals surface area contributed by atoms with Crippen LogP contribution < -0.4 is 4.74 Å². The summed E-state index contributed by atoms with van der Waals surface area (Å²) < 4.78 is 9.90. The van der Waals surface area contributed by atoms with Crippen molar-refractivity contribution in [3.63, 3.8) is 0 Å². The van der Waals surface area contributed by atoms with Gasteiger partial charge in [0.25, 0.3) is 0 Å². The van der Waals surface area contributed by atoms with Crippen molar-refractivity contribution >= 4 is 11.9 Å². The second kappa shape index (κ2) is 6.52. The summed E-state index contributed by atoms with van der Waals surface area (Å²) in [6, 6.07) is 5.09. The highest BCUT2D eigenvalue weighted by atomic mass is 16.5. The van der Waals surface area contributed by atoms with Crippen molar-refractivity contribution < 1.29 is 19.1 Å². The third-order valence-corrected chi connectivity index (χ3v) is 3.33. The number of hydrogen-bond acceptors (Lipinski definition) is 5. The van der Waals surface area contributed by atoms with Gasteiger partial charge in [0, 0.05) is 19.0 Å². The van der Waals surface area contributed by atoms with Gasteiger partial charge in [-0.15, -0.1) is 0 Å². The number of likely N-dealkylation sites (tertiary alicyclic amines) is 1. The number of hydrogen-bond donors (Lipinski definition) is 0. The van der Waals surface area contributed by atoms with E-state index >= 15 is 0 Å². The van der Waals surface area contributed by atoms with Crippen molar-refractivity contribution in [1.29, 1.82) is 0 Å². The molecule has 1 fully saturated rings. The number of rotatable bonds is 4. The fraction of sp³-hybridized carbons (Fsp3) is 0.467. The van der Waals surface area contributed by atoms with E-state index in [1.165, 1.54) is 26.9 Å². The Bertz CT molecular complexity index is 507. The van der Waals surface area contributed by atoms with Gasteiger partial charge in [0.05, 0.1) is 12.7 Å². The molecule has 0 bridgehead atoms. The van der Waals surface area contributed by atoms with E-state index in [0.29, 0.717) is 11.3 Å².